The van der Waals surface area contributed by atoms with Crippen molar-refractivity contribution in [3.05, 3.63) is 76.4 Å². The molecule has 5 rings (SSSR count). The van der Waals surface area contributed by atoms with Gasteiger partial charge in [-0.1, -0.05) is 61.9 Å². The van der Waals surface area contributed by atoms with Gasteiger partial charge in [0.15, 0.2) is 5.72 Å². The van der Waals surface area contributed by atoms with Crippen LogP contribution in [0.5, 0.6) is 5.75 Å². The average Bonchev–Trinajstić information content (AvgIpc) is 3.20. The van der Waals surface area contributed by atoms with Gasteiger partial charge in [0.2, 0.25) is 0 Å². The molecule has 2 aromatic carbocycles. The molecule has 1 saturated heterocycles. The van der Waals surface area contributed by atoms with Crippen molar-refractivity contribution in [3.8, 4) is 5.75 Å². The summed E-state index contributed by atoms with van der Waals surface area (Å²) in [7, 11) is 0. The molecular formula is C26H29NO2. The van der Waals surface area contributed by atoms with E-state index in [1.807, 2.05) is 0 Å². The summed E-state index contributed by atoms with van der Waals surface area (Å²) in [5, 5.41) is 0. The van der Waals surface area contributed by atoms with Gasteiger partial charge in [-0.15, -0.1) is 0 Å². The van der Waals surface area contributed by atoms with Crippen LogP contribution in [0.2, 0.25) is 0 Å². The first kappa shape index (κ1) is 18.7. The van der Waals surface area contributed by atoms with Crippen molar-refractivity contribution < 1.29 is 9.47 Å². The number of para-hydroxylation sites is 1. The summed E-state index contributed by atoms with van der Waals surface area (Å²) >= 11 is 0. The lowest BCUT2D eigenvalue weighted by Crippen LogP contribution is -2.61. The highest BCUT2D eigenvalue weighted by Gasteiger charge is 2.52. The van der Waals surface area contributed by atoms with Crippen molar-refractivity contribution >= 4 is 12.2 Å². The molecule has 2 unspecified atom stereocenters. The van der Waals surface area contributed by atoms with E-state index in [1.54, 1.807) is 0 Å². The molecule has 0 saturated carbocycles. The highest BCUT2D eigenvalue weighted by molar-refractivity contribution is 5.70. The van der Waals surface area contributed by atoms with Crippen LogP contribution in [-0.4, -0.2) is 36.9 Å². The van der Waals surface area contributed by atoms with E-state index < -0.39 is 5.72 Å². The lowest BCUT2D eigenvalue weighted by atomic mass is 9.78. The predicted octanol–water partition coefficient (Wildman–Crippen LogP) is 5.41. The van der Waals surface area contributed by atoms with Gasteiger partial charge in [-0.3, -0.25) is 4.90 Å². The summed E-state index contributed by atoms with van der Waals surface area (Å²) in [5.41, 5.74) is 6.12. The molecule has 150 valence electrons. The molecule has 0 bridgehead atoms. The molecule has 0 radical (unpaired) electrons. The zero-order valence-corrected chi connectivity index (χ0v) is 17.4. The first-order valence-electron chi connectivity index (χ1n) is 10.8. The van der Waals surface area contributed by atoms with Crippen LogP contribution in [0.25, 0.3) is 12.2 Å². The number of hydrogen-bond donors (Lipinski definition) is 0. The lowest BCUT2D eigenvalue weighted by Gasteiger charge is -2.51. The second-order valence-electron chi connectivity index (χ2n) is 8.27. The van der Waals surface area contributed by atoms with Gasteiger partial charge in [0.1, 0.15) is 5.75 Å². The Morgan fingerprint density at radius 2 is 1.90 bits per heavy atom. The molecule has 2 aliphatic heterocycles. The fourth-order valence-corrected chi connectivity index (χ4v) is 5.20. The van der Waals surface area contributed by atoms with E-state index in [4.69, 9.17) is 9.47 Å². The number of rotatable bonds is 4. The molecule has 0 aromatic heterocycles. The largest absolute Gasteiger partial charge is 0.467 e. The molecule has 3 aliphatic rings. The van der Waals surface area contributed by atoms with E-state index in [9.17, 15) is 0 Å². The van der Waals surface area contributed by atoms with E-state index in [2.05, 4.69) is 79.4 Å². The van der Waals surface area contributed by atoms with Crippen LogP contribution in [0, 0.1) is 6.92 Å². The first-order chi connectivity index (χ1) is 14.2. The Bertz CT molecular complexity index is 970. The van der Waals surface area contributed by atoms with E-state index >= 15 is 0 Å². The van der Waals surface area contributed by atoms with E-state index in [-0.39, 0.29) is 5.92 Å². The summed E-state index contributed by atoms with van der Waals surface area (Å²) in [6.07, 6.45) is 9.17. The molecule has 3 heteroatoms. The van der Waals surface area contributed by atoms with Crippen LogP contribution in [0.4, 0.5) is 0 Å². The molecule has 0 N–H and O–H groups in total. The molecule has 2 aromatic rings. The Balaban J connectivity index is 1.71. The third-order valence-corrected chi connectivity index (χ3v) is 6.54. The Morgan fingerprint density at radius 3 is 2.72 bits per heavy atom. The number of fused-ring (bicyclic) bond motifs is 2. The third-order valence-electron chi connectivity index (χ3n) is 6.54. The van der Waals surface area contributed by atoms with Gasteiger partial charge in [-0.05, 0) is 47.8 Å². The van der Waals surface area contributed by atoms with Crippen LogP contribution in [0.3, 0.4) is 0 Å². The number of benzene rings is 2. The van der Waals surface area contributed by atoms with Crippen LogP contribution in [0.15, 0.2) is 54.1 Å². The second-order valence-corrected chi connectivity index (χ2v) is 8.27. The lowest BCUT2D eigenvalue weighted by molar-refractivity contribution is -0.109. The van der Waals surface area contributed by atoms with Crippen LogP contribution in [-0.2, 0) is 4.74 Å². The minimum absolute atomic E-state index is 0.168. The maximum absolute atomic E-state index is 7.06. The SMILES string of the molecule is CCCC1=Cc2ccccc2OC1(C1C=Cc2c(C)cccc21)N1CCOCC1. The standard InChI is InChI=1S/C26H29NO2/c1-3-7-21-18-20-9-4-5-11-25(20)29-26(21,27-14-16-28-17-15-27)24-13-12-22-19(2)8-6-10-23(22)24/h4-6,8-13,18,24H,3,7,14-17H2,1-2H3. The minimum Gasteiger partial charge on any atom is -0.467 e. The summed E-state index contributed by atoms with van der Waals surface area (Å²) in [4.78, 5) is 2.53. The molecular weight excluding hydrogens is 358 g/mol. The fourth-order valence-electron chi connectivity index (χ4n) is 5.20. The fraction of sp³-hybridized carbons (Fsp3) is 0.385. The maximum atomic E-state index is 7.06. The summed E-state index contributed by atoms with van der Waals surface area (Å²) in [5.74, 6) is 1.15. The molecule has 2 atom stereocenters. The Kier molecular flexibility index (Phi) is 4.81. The Labute approximate surface area is 173 Å². The summed E-state index contributed by atoms with van der Waals surface area (Å²) in [6.45, 7) is 7.73. The van der Waals surface area contributed by atoms with Gasteiger partial charge >= 0.3 is 0 Å². The van der Waals surface area contributed by atoms with Gasteiger partial charge in [0.05, 0.1) is 19.1 Å². The highest BCUT2D eigenvalue weighted by Crippen LogP contribution is 2.51. The second kappa shape index (κ2) is 7.47. The first-order valence-corrected chi connectivity index (χ1v) is 10.8. The number of aryl methyl sites for hydroxylation is 1. The van der Waals surface area contributed by atoms with Crippen molar-refractivity contribution in [3.63, 3.8) is 0 Å². The summed E-state index contributed by atoms with van der Waals surface area (Å²) in [6, 6.07) is 15.1. The molecule has 0 spiro atoms. The van der Waals surface area contributed by atoms with Gasteiger partial charge in [-0.25, -0.2) is 0 Å². The van der Waals surface area contributed by atoms with Gasteiger partial charge in [-0.2, -0.15) is 0 Å². The van der Waals surface area contributed by atoms with Crippen molar-refractivity contribution in [1.29, 1.82) is 0 Å². The van der Waals surface area contributed by atoms with Crippen molar-refractivity contribution in [1.82, 2.24) is 4.90 Å². The van der Waals surface area contributed by atoms with Crippen LogP contribution >= 0.6 is 0 Å². The van der Waals surface area contributed by atoms with E-state index in [1.165, 1.54) is 27.8 Å². The van der Waals surface area contributed by atoms with Crippen molar-refractivity contribution in [2.45, 2.75) is 38.3 Å². The Morgan fingerprint density at radius 1 is 1.07 bits per heavy atom. The van der Waals surface area contributed by atoms with Crippen molar-refractivity contribution in [2.24, 2.45) is 0 Å². The molecule has 0 amide bonds. The topological polar surface area (TPSA) is 21.7 Å². The zero-order chi connectivity index (χ0) is 19.8. The van der Waals surface area contributed by atoms with E-state index in [0.717, 1.165) is 44.9 Å². The smallest absolute Gasteiger partial charge is 0.196 e. The molecule has 29 heavy (non-hydrogen) atoms. The molecule has 1 fully saturated rings. The van der Waals surface area contributed by atoms with Crippen molar-refractivity contribution in [2.75, 3.05) is 26.3 Å². The number of hydrogen-bond acceptors (Lipinski definition) is 3. The third kappa shape index (κ3) is 2.95. The molecule has 3 nitrogen and oxygen atoms in total. The highest BCUT2D eigenvalue weighted by atomic mass is 16.5. The van der Waals surface area contributed by atoms with Gasteiger partial charge in [0, 0.05) is 18.7 Å². The zero-order valence-electron chi connectivity index (χ0n) is 17.4. The average molecular weight is 388 g/mol. The molecule has 1 aliphatic carbocycles. The number of morpholine rings is 1. The normalized spacial score (nSPS) is 25.9. The quantitative estimate of drug-likeness (QED) is 0.700. The Hall–Kier alpha value is -2.36. The summed E-state index contributed by atoms with van der Waals surface area (Å²) < 4.78 is 12.8. The van der Waals surface area contributed by atoms with Crippen LogP contribution < -0.4 is 4.74 Å². The number of ether oxygens (including phenoxy) is 2. The number of nitrogens with zero attached hydrogens (tertiary/aromatic N) is 1. The van der Waals surface area contributed by atoms with Gasteiger partial charge < -0.3 is 9.47 Å². The molecule has 2 heterocycles. The van der Waals surface area contributed by atoms with E-state index in [0.29, 0.717) is 0 Å². The monoisotopic (exact) mass is 387 g/mol. The predicted molar refractivity (Wildman–Crippen MR) is 118 cm³/mol. The minimum atomic E-state index is -0.496. The van der Waals surface area contributed by atoms with Crippen LogP contribution in [0.1, 0.15) is 47.9 Å². The maximum Gasteiger partial charge on any atom is 0.196 e. The van der Waals surface area contributed by atoms with Gasteiger partial charge in [0.25, 0.3) is 0 Å².